The minimum absolute atomic E-state index is 0.0500. The van der Waals surface area contributed by atoms with E-state index in [9.17, 15) is 22.4 Å². The molecule has 0 aromatic rings. The highest BCUT2D eigenvalue weighted by molar-refractivity contribution is 8.13. The molecule has 96 valence electrons. The zero-order valence-electron chi connectivity index (χ0n) is 9.15. The summed E-state index contributed by atoms with van der Waals surface area (Å²) in [6.45, 7) is 1.66. The SMILES string of the molecule is CCC(=O)SCCC(F)(F)CCCC(F)F. The molecule has 0 aliphatic rings. The molecule has 0 aromatic heterocycles. The van der Waals surface area contributed by atoms with Crippen LogP contribution < -0.4 is 0 Å². The summed E-state index contributed by atoms with van der Waals surface area (Å²) in [5.74, 6) is -2.88. The fraction of sp³-hybridized carbons (Fsp3) is 0.900. The summed E-state index contributed by atoms with van der Waals surface area (Å²) in [4.78, 5) is 10.8. The summed E-state index contributed by atoms with van der Waals surface area (Å²) >= 11 is 0.876. The van der Waals surface area contributed by atoms with Crippen molar-refractivity contribution < 1.29 is 22.4 Å². The number of thioether (sulfide) groups is 1. The van der Waals surface area contributed by atoms with Gasteiger partial charge in [0.1, 0.15) is 0 Å². The van der Waals surface area contributed by atoms with E-state index in [1.807, 2.05) is 0 Å². The molecule has 0 unspecified atom stereocenters. The molecular weight excluding hydrogens is 244 g/mol. The monoisotopic (exact) mass is 260 g/mol. The van der Waals surface area contributed by atoms with Crippen LogP contribution in [0.2, 0.25) is 0 Å². The molecule has 0 radical (unpaired) electrons. The summed E-state index contributed by atoms with van der Waals surface area (Å²) in [6, 6.07) is 0. The second-order valence-corrected chi connectivity index (χ2v) is 4.62. The fourth-order valence-corrected chi connectivity index (χ4v) is 1.89. The predicted molar refractivity (Wildman–Crippen MR) is 57.2 cm³/mol. The highest BCUT2D eigenvalue weighted by Gasteiger charge is 2.28. The molecule has 0 aromatic carbocycles. The minimum Gasteiger partial charge on any atom is -0.287 e. The van der Waals surface area contributed by atoms with Crippen molar-refractivity contribution >= 4 is 16.9 Å². The van der Waals surface area contributed by atoms with Crippen molar-refractivity contribution in [1.29, 1.82) is 0 Å². The number of hydrogen-bond acceptors (Lipinski definition) is 2. The number of alkyl halides is 4. The molecule has 0 aliphatic carbocycles. The summed E-state index contributed by atoms with van der Waals surface area (Å²) in [7, 11) is 0. The average Bonchev–Trinajstić information content (AvgIpc) is 2.16. The van der Waals surface area contributed by atoms with Crippen LogP contribution in [0.1, 0.15) is 39.0 Å². The van der Waals surface area contributed by atoms with Crippen LogP contribution in [0, 0.1) is 0 Å². The molecule has 0 saturated carbocycles. The van der Waals surface area contributed by atoms with Gasteiger partial charge >= 0.3 is 0 Å². The van der Waals surface area contributed by atoms with Crippen LogP contribution in [0.4, 0.5) is 17.6 Å². The molecule has 0 spiro atoms. The molecule has 16 heavy (non-hydrogen) atoms. The van der Waals surface area contributed by atoms with Gasteiger partial charge in [-0.15, -0.1) is 0 Å². The van der Waals surface area contributed by atoms with E-state index in [0.717, 1.165) is 11.8 Å². The lowest BCUT2D eigenvalue weighted by molar-refractivity contribution is -0.110. The summed E-state index contributed by atoms with van der Waals surface area (Å²) in [5, 5.41) is -0.122. The van der Waals surface area contributed by atoms with Crippen LogP contribution in [-0.2, 0) is 4.79 Å². The van der Waals surface area contributed by atoms with Gasteiger partial charge in [0.05, 0.1) is 0 Å². The smallest absolute Gasteiger partial charge is 0.249 e. The van der Waals surface area contributed by atoms with Crippen molar-refractivity contribution in [3.8, 4) is 0 Å². The van der Waals surface area contributed by atoms with E-state index in [1.54, 1.807) is 6.92 Å². The van der Waals surface area contributed by atoms with Crippen molar-refractivity contribution in [2.24, 2.45) is 0 Å². The van der Waals surface area contributed by atoms with Crippen LogP contribution in [0.5, 0.6) is 0 Å². The molecule has 6 heteroatoms. The Morgan fingerprint density at radius 1 is 1.31 bits per heavy atom. The second-order valence-electron chi connectivity index (χ2n) is 3.46. The Morgan fingerprint density at radius 3 is 2.44 bits per heavy atom. The Hall–Kier alpha value is -0.260. The van der Waals surface area contributed by atoms with E-state index in [2.05, 4.69) is 0 Å². The van der Waals surface area contributed by atoms with Gasteiger partial charge in [-0.2, -0.15) is 0 Å². The lowest BCUT2D eigenvalue weighted by Crippen LogP contribution is -2.17. The summed E-state index contributed by atoms with van der Waals surface area (Å²) in [5.41, 5.74) is 0. The van der Waals surface area contributed by atoms with E-state index in [1.165, 1.54) is 0 Å². The van der Waals surface area contributed by atoms with Gasteiger partial charge in [0.25, 0.3) is 0 Å². The zero-order chi connectivity index (χ0) is 12.6. The molecule has 0 N–H and O–H groups in total. The van der Waals surface area contributed by atoms with Crippen LogP contribution in [-0.4, -0.2) is 23.2 Å². The number of rotatable bonds is 8. The maximum Gasteiger partial charge on any atom is 0.249 e. The van der Waals surface area contributed by atoms with E-state index in [-0.39, 0.29) is 17.3 Å². The second kappa shape index (κ2) is 7.92. The molecule has 0 aliphatic heterocycles. The third kappa shape index (κ3) is 9.00. The molecule has 0 heterocycles. The Balaban J connectivity index is 3.65. The molecule has 1 nitrogen and oxygen atoms in total. The van der Waals surface area contributed by atoms with Crippen molar-refractivity contribution in [3.05, 3.63) is 0 Å². The van der Waals surface area contributed by atoms with Gasteiger partial charge < -0.3 is 0 Å². The van der Waals surface area contributed by atoms with E-state index >= 15 is 0 Å². The van der Waals surface area contributed by atoms with E-state index < -0.39 is 31.6 Å². The quantitative estimate of drug-likeness (QED) is 0.611. The van der Waals surface area contributed by atoms with Gasteiger partial charge in [0.2, 0.25) is 12.3 Å². The first-order valence-corrected chi connectivity index (χ1v) is 6.17. The van der Waals surface area contributed by atoms with Crippen molar-refractivity contribution in [1.82, 2.24) is 0 Å². The Bertz CT molecular complexity index is 209. The van der Waals surface area contributed by atoms with Crippen LogP contribution >= 0.6 is 11.8 Å². The van der Waals surface area contributed by atoms with Crippen LogP contribution in [0.25, 0.3) is 0 Å². The molecule has 0 saturated heterocycles. The maximum absolute atomic E-state index is 13.1. The third-order valence-corrected chi connectivity index (χ3v) is 3.00. The lowest BCUT2D eigenvalue weighted by atomic mass is 10.1. The molecule has 0 amide bonds. The van der Waals surface area contributed by atoms with Gasteiger partial charge in [-0.05, 0) is 6.42 Å². The third-order valence-electron chi connectivity index (χ3n) is 1.98. The predicted octanol–water partition coefficient (Wildman–Crippen LogP) is 4.12. The standard InChI is InChI=1S/C10H16F4OS/c1-2-9(15)16-7-6-10(13,14)5-3-4-8(11)12/h8H,2-7H2,1H3. The first kappa shape index (κ1) is 15.7. The highest BCUT2D eigenvalue weighted by atomic mass is 32.2. The maximum atomic E-state index is 13.1. The zero-order valence-corrected chi connectivity index (χ0v) is 9.96. The van der Waals surface area contributed by atoms with E-state index in [4.69, 9.17) is 0 Å². The lowest BCUT2D eigenvalue weighted by Gasteiger charge is -2.15. The van der Waals surface area contributed by atoms with Crippen LogP contribution in [0.15, 0.2) is 0 Å². The topological polar surface area (TPSA) is 17.1 Å². The fourth-order valence-electron chi connectivity index (χ4n) is 1.06. The first-order valence-electron chi connectivity index (χ1n) is 5.19. The number of hydrogen-bond donors (Lipinski definition) is 0. The van der Waals surface area contributed by atoms with E-state index in [0.29, 0.717) is 6.42 Å². The van der Waals surface area contributed by atoms with Gasteiger partial charge in [0.15, 0.2) is 5.12 Å². The van der Waals surface area contributed by atoms with Crippen molar-refractivity contribution in [3.63, 3.8) is 0 Å². The summed E-state index contributed by atoms with van der Waals surface area (Å²) in [6.07, 6.45) is -3.83. The molecular formula is C10H16F4OS. The van der Waals surface area contributed by atoms with Gasteiger partial charge in [0, 0.05) is 31.4 Å². The Morgan fingerprint density at radius 2 is 1.94 bits per heavy atom. The minimum atomic E-state index is -2.93. The average molecular weight is 260 g/mol. The van der Waals surface area contributed by atoms with Crippen molar-refractivity contribution in [2.45, 2.75) is 51.4 Å². The normalized spacial score (nSPS) is 12.1. The van der Waals surface area contributed by atoms with Crippen molar-refractivity contribution in [2.75, 3.05) is 5.75 Å². The van der Waals surface area contributed by atoms with Gasteiger partial charge in [-0.25, -0.2) is 17.6 Å². The van der Waals surface area contributed by atoms with Gasteiger partial charge in [-0.3, -0.25) is 4.79 Å². The highest BCUT2D eigenvalue weighted by Crippen LogP contribution is 2.28. The number of halogens is 4. The molecule has 0 bridgehead atoms. The Kier molecular flexibility index (Phi) is 7.80. The van der Waals surface area contributed by atoms with Gasteiger partial charge in [-0.1, -0.05) is 18.7 Å². The summed E-state index contributed by atoms with van der Waals surface area (Å²) < 4.78 is 49.6. The molecule has 0 rings (SSSR count). The largest absolute Gasteiger partial charge is 0.287 e. The number of carbonyl (C=O) groups excluding carboxylic acids is 1. The Labute approximate surface area is 97.0 Å². The van der Waals surface area contributed by atoms with Crippen LogP contribution in [0.3, 0.4) is 0 Å². The molecule has 0 fully saturated rings. The number of carbonyl (C=O) groups is 1. The molecule has 0 atom stereocenters. The first-order chi connectivity index (χ1) is 7.37.